The molecule has 1 saturated heterocycles. The van der Waals surface area contributed by atoms with Crippen molar-refractivity contribution >= 4 is 5.91 Å². The number of nitrogens with one attached hydrogen (secondary N) is 1. The molecule has 1 aliphatic rings. The molecule has 0 aromatic heterocycles. The Morgan fingerprint density at radius 2 is 2.05 bits per heavy atom. The fourth-order valence-corrected chi connectivity index (χ4v) is 2.63. The van der Waals surface area contributed by atoms with Gasteiger partial charge in [0.25, 0.3) is 5.91 Å². The lowest BCUT2D eigenvalue weighted by molar-refractivity contribution is 0.0896. The predicted molar refractivity (Wildman–Crippen MR) is 80.1 cm³/mol. The number of carbonyl (C=O) groups excluding carboxylic acids is 1. The SMILES string of the molecule is COc1ccc(C(=O)NC2CCN(C(C)C)CC2)c(F)c1. The van der Waals surface area contributed by atoms with Crippen LogP contribution >= 0.6 is 0 Å². The van der Waals surface area contributed by atoms with E-state index in [1.807, 2.05) is 0 Å². The van der Waals surface area contributed by atoms with E-state index in [1.54, 1.807) is 6.07 Å². The zero-order valence-electron chi connectivity index (χ0n) is 12.9. The van der Waals surface area contributed by atoms with Gasteiger partial charge in [-0.1, -0.05) is 0 Å². The van der Waals surface area contributed by atoms with E-state index in [4.69, 9.17) is 4.74 Å². The molecule has 1 aromatic carbocycles. The Kier molecular flexibility index (Phi) is 5.17. The number of rotatable bonds is 4. The van der Waals surface area contributed by atoms with Crippen molar-refractivity contribution < 1.29 is 13.9 Å². The Bertz CT molecular complexity index is 497. The Morgan fingerprint density at radius 3 is 2.57 bits per heavy atom. The maximum Gasteiger partial charge on any atom is 0.254 e. The van der Waals surface area contributed by atoms with Crippen LogP contribution in [0.5, 0.6) is 5.75 Å². The van der Waals surface area contributed by atoms with Gasteiger partial charge in [0.15, 0.2) is 0 Å². The molecule has 2 rings (SSSR count). The van der Waals surface area contributed by atoms with Gasteiger partial charge in [0.05, 0.1) is 12.7 Å². The van der Waals surface area contributed by atoms with Gasteiger partial charge in [0, 0.05) is 31.2 Å². The zero-order chi connectivity index (χ0) is 15.4. The Labute approximate surface area is 125 Å². The molecule has 1 aromatic rings. The maximum absolute atomic E-state index is 13.9. The van der Waals surface area contributed by atoms with Crippen molar-refractivity contribution in [1.29, 1.82) is 0 Å². The van der Waals surface area contributed by atoms with Crippen LogP contribution in [0.1, 0.15) is 37.0 Å². The number of halogens is 1. The maximum atomic E-state index is 13.9. The summed E-state index contributed by atoms with van der Waals surface area (Å²) in [5, 5.41) is 2.93. The van der Waals surface area contributed by atoms with E-state index in [1.165, 1.54) is 19.2 Å². The van der Waals surface area contributed by atoms with Crippen LogP contribution in [0.15, 0.2) is 18.2 Å². The lowest BCUT2D eigenvalue weighted by Gasteiger charge is -2.34. The van der Waals surface area contributed by atoms with Gasteiger partial charge in [-0.3, -0.25) is 4.79 Å². The third-order valence-corrected chi connectivity index (χ3v) is 4.02. The van der Waals surface area contributed by atoms with Crippen LogP contribution < -0.4 is 10.1 Å². The second-order valence-electron chi connectivity index (χ2n) is 5.72. The van der Waals surface area contributed by atoms with E-state index in [0.717, 1.165) is 25.9 Å². The highest BCUT2D eigenvalue weighted by molar-refractivity contribution is 5.94. The molecule has 0 radical (unpaired) electrons. The number of benzene rings is 1. The van der Waals surface area contributed by atoms with Crippen molar-refractivity contribution in [3.63, 3.8) is 0 Å². The fourth-order valence-electron chi connectivity index (χ4n) is 2.63. The summed E-state index contributed by atoms with van der Waals surface area (Å²) in [6.45, 7) is 6.28. The number of carbonyl (C=O) groups is 1. The molecule has 1 aliphatic heterocycles. The van der Waals surface area contributed by atoms with Crippen LogP contribution in [0, 0.1) is 5.82 Å². The van der Waals surface area contributed by atoms with Crippen molar-refractivity contribution in [3.05, 3.63) is 29.6 Å². The summed E-state index contributed by atoms with van der Waals surface area (Å²) in [7, 11) is 1.47. The molecule has 0 atom stereocenters. The van der Waals surface area contributed by atoms with E-state index >= 15 is 0 Å². The Hall–Kier alpha value is -1.62. The van der Waals surface area contributed by atoms with Crippen molar-refractivity contribution in [2.24, 2.45) is 0 Å². The zero-order valence-corrected chi connectivity index (χ0v) is 12.9. The molecule has 1 fully saturated rings. The third kappa shape index (κ3) is 3.94. The summed E-state index contributed by atoms with van der Waals surface area (Å²) in [6, 6.07) is 4.94. The highest BCUT2D eigenvalue weighted by Crippen LogP contribution is 2.18. The number of hydrogen-bond acceptors (Lipinski definition) is 3. The van der Waals surface area contributed by atoms with Crippen molar-refractivity contribution in [1.82, 2.24) is 10.2 Å². The van der Waals surface area contributed by atoms with Crippen LogP contribution in [0.4, 0.5) is 4.39 Å². The van der Waals surface area contributed by atoms with Crippen LogP contribution in [-0.4, -0.2) is 43.1 Å². The first kappa shape index (κ1) is 15.8. The van der Waals surface area contributed by atoms with Gasteiger partial charge in [-0.2, -0.15) is 0 Å². The predicted octanol–water partition coefficient (Wildman–Crippen LogP) is 2.44. The monoisotopic (exact) mass is 294 g/mol. The highest BCUT2D eigenvalue weighted by atomic mass is 19.1. The van der Waals surface area contributed by atoms with Crippen molar-refractivity contribution in [2.75, 3.05) is 20.2 Å². The first-order valence-electron chi connectivity index (χ1n) is 7.39. The molecule has 1 N–H and O–H groups in total. The van der Waals surface area contributed by atoms with Crippen molar-refractivity contribution in [3.8, 4) is 5.75 Å². The summed E-state index contributed by atoms with van der Waals surface area (Å²) >= 11 is 0. The summed E-state index contributed by atoms with van der Waals surface area (Å²) in [6.07, 6.45) is 1.81. The number of likely N-dealkylation sites (tertiary alicyclic amines) is 1. The molecular weight excluding hydrogens is 271 g/mol. The minimum Gasteiger partial charge on any atom is -0.497 e. The smallest absolute Gasteiger partial charge is 0.254 e. The van der Waals surface area contributed by atoms with E-state index in [-0.39, 0.29) is 17.5 Å². The summed E-state index contributed by atoms with van der Waals surface area (Å²) in [5.74, 6) is -0.487. The first-order valence-corrected chi connectivity index (χ1v) is 7.39. The van der Waals surface area contributed by atoms with Crippen LogP contribution in [0.2, 0.25) is 0 Å². The van der Waals surface area contributed by atoms with Gasteiger partial charge in [0.1, 0.15) is 11.6 Å². The third-order valence-electron chi connectivity index (χ3n) is 4.02. The topological polar surface area (TPSA) is 41.6 Å². The van der Waals surface area contributed by atoms with Crippen molar-refractivity contribution in [2.45, 2.75) is 38.8 Å². The molecule has 1 amide bonds. The Balaban J connectivity index is 1.93. The fraction of sp³-hybridized carbons (Fsp3) is 0.562. The minimum atomic E-state index is -0.550. The molecule has 0 bridgehead atoms. The minimum absolute atomic E-state index is 0.0714. The number of amides is 1. The van der Waals surface area contributed by atoms with Gasteiger partial charge in [0.2, 0.25) is 0 Å². The molecule has 0 aliphatic carbocycles. The molecule has 0 saturated carbocycles. The van der Waals surface area contributed by atoms with Gasteiger partial charge in [-0.05, 0) is 38.8 Å². The van der Waals surface area contributed by atoms with E-state index in [2.05, 4.69) is 24.1 Å². The van der Waals surface area contributed by atoms with E-state index in [9.17, 15) is 9.18 Å². The van der Waals surface area contributed by atoms with Gasteiger partial charge in [-0.15, -0.1) is 0 Å². The molecule has 0 unspecified atom stereocenters. The Morgan fingerprint density at radius 1 is 1.38 bits per heavy atom. The molecule has 116 valence electrons. The van der Waals surface area contributed by atoms with Crippen LogP contribution in [0.25, 0.3) is 0 Å². The average molecular weight is 294 g/mol. The number of hydrogen-bond donors (Lipinski definition) is 1. The summed E-state index contributed by atoms with van der Waals surface area (Å²) in [4.78, 5) is 14.5. The largest absolute Gasteiger partial charge is 0.497 e. The lowest BCUT2D eigenvalue weighted by Crippen LogP contribution is -2.46. The normalized spacial score (nSPS) is 17.0. The second-order valence-corrected chi connectivity index (χ2v) is 5.72. The number of piperidine rings is 1. The number of ether oxygens (including phenoxy) is 1. The molecule has 1 heterocycles. The average Bonchev–Trinajstić information content (AvgIpc) is 2.47. The number of nitrogens with zero attached hydrogens (tertiary/aromatic N) is 1. The summed E-state index contributed by atoms with van der Waals surface area (Å²) in [5.41, 5.74) is 0.0714. The van der Waals surface area contributed by atoms with Gasteiger partial charge in [-0.25, -0.2) is 4.39 Å². The lowest BCUT2D eigenvalue weighted by atomic mass is 10.0. The molecule has 5 heteroatoms. The van der Waals surface area contributed by atoms with Crippen LogP contribution in [-0.2, 0) is 0 Å². The quantitative estimate of drug-likeness (QED) is 0.927. The molecular formula is C16H23FN2O2. The number of methoxy groups -OCH3 is 1. The standard InChI is InChI=1S/C16H23FN2O2/c1-11(2)19-8-6-12(7-9-19)18-16(20)14-5-4-13(21-3)10-15(14)17/h4-5,10-12H,6-9H2,1-3H3,(H,18,20). The van der Waals surface area contributed by atoms with Gasteiger partial charge < -0.3 is 15.0 Å². The highest BCUT2D eigenvalue weighted by Gasteiger charge is 2.23. The molecule has 0 spiro atoms. The van der Waals surface area contributed by atoms with Crippen LogP contribution in [0.3, 0.4) is 0 Å². The van der Waals surface area contributed by atoms with Gasteiger partial charge >= 0.3 is 0 Å². The van der Waals surface area contributed by atoms with E-state index in [0.29, 0.717) is 11.8 Å². The van der Waals surface area contributed by atoms with E-state index < -0.39 is 5.82 Å². The second kappa shape index (κ2) is 6.89. The molecule has 4 nitrogen and oxygen atoms in total. The molecule has 21 heavy (non-hydrogen) atoms. The first-order chi connectivity index (χ1) is 10.0. The summed E-state index contributed by atoms with van der Waals surface area (Å²) < 4.78 is 18.8.